The van der Waals surface area contributed by atoms with Crippen LogP contribution < -0.4 is 5.32 Å². The minimum absolute atomic E-state index is 0.00871. The fraction of sp³-hybridized carbons (Fsp3) is 0.167. The van der Waals surface area contributed by atoms with E-state index in [1.54, 1.807) is 18.2 Å². The van der Waals surface area contributed by atoms with Gasteiger partial charge in [-0.15, -0.1) is 0 Å². The second-order valence-corrected chi connectivity index (χ2v) is 6.52. The average Bonchev–Trinajstić information content (AvgIpc) is 3.01. The number of aliphatic hydroxyl groups is 1. The predicted molar refractivity (Wildman–Crippen MR) is 92.7 cm³/mol. The van der Waals surface area contributed by atoms with Gasteiger partial charge < -0.3 is 14.8 Å². The molecule has 0 radical (unpaired) electrons. The number of alkyl halides is 3. The van der Waals surface area contributed by atoms with Crippen LogP contribution >= 0.6 is 15.9 Å². The molecule has 0 bridgehead atoms. The quantitative estimate of drug-likeness (QED) is 0.635. The Bertz CT molecular complexity index is 952. The third-order valence-corrected chi connectivity index (χ3v) is 4.28. The predicted octanol–water partition coefficient (Wildman–Crippen LogP) is 4.68. The number of halogens is 4. The molecule has 1 atom stereocenters. The number of nitrogens with one attached hydrogen (secondary N) is 1. The van der Waals surface area contributed by atoms with E-state index < -0.39 is 23.8 Å². The Morgan fingerprint density at radius 1 is 1.19 bits per heavy atom. The molecule has 0 fully saturated rings. The molecule has 1 heterocycles. The van der Waals surface area contributed by atoms with Gasteiger partial charge in [0, 0.05) is 16.4 Å². The molecule has 3 aromatic rings. The summed E-state index contributed by atoms with van der Waals surface area (Å²) in [7, 11) is 0. The minimum atomic E-state index is -4.59. The lowest BCUT2D eigenvalue weighted by atomic mass is 10.0. The van der Waals surface area contributed by atoms with Crippen molar-refractivity contribution in [1.29, 1.82) is 0 Å². The monoisotopic (exact) mass is 427 g/mol. The van der Waals surface area contributed by atoms with Gasteiger partial charge in [0.15, 0.2) is 5.76 Å². The first-order chi connectivity index (χ1) is 12.3. The summed E-state index contributed by atoms with van der Waals surface area (Å²) < 4.78 is 45.2. The highest BCUT2D eigenvalue weighted by Crippen LogP contribution is 2.34. The number of carbonyl (C=O) groups is 1. The van der Waals surface area contributed by atoms with E-state index in [1.165, 1.54) is 24.3 Å². The van der Waals surface area contributed by atoms with Crippen LogP contribution in [0.3, 0.4) is 0 Å². The van der Waals surface area contributed by atoms with Gasteiger partial charge in [-0.2, -0.15) is 13.2 Å². The van der Waals surface area contributed by atoms with E-state index in [0.29, 0.717) is 11.0 Å². The largest absolute Gasteiger partial charge is 0.451 e. The Morgan fingerprint density at radius 2 is 1.92 bits per heavy atom. The van der Waals surface area contributed by atoms with E-state index in [1.807, 2.05) is 0 Å². The number of furan rings is 1. The van der Waals surface area contributed by atoms with Gasteiger partial charge in [0.1, 0.15) is 5.58 Å². The normalized spacial score (nSPS) is 13.0. The molecule has 0 saturated carbocycles. The second kappa shape index (κ2) is 7.13. The molecule has 26 heavy (non-hydrogen) atoms. The van der Waals surface area contributed by atoms with Gasteiger partial charge in [-0.25, -0.2) is 0 Å². The number of rotatable bonds is 4. The number of fused-ring (bicyclic) bond motifs is 1. The lowest BCUT2D eigenvalue weighted by molar-refractivity contribution is -0.139. The molecule has 2 aromatic carbocycles. The van der Waals surface area contributed by atoms with E-state index >= 15 is 0 Å². The van der Waals surface area contributed by atoms with Crippen LogP contribution in [0.1, 0.15) is 27.8 Å². The number of hydrogen-bond acceptors (Lipinski definition) is 3. The number of hydrogen-bond donors (Lipinski definition) is 2. The first kappa shape index (κ1) is 18.5. The van der Waals surface area contributed by atoms with E-state index in [2.05, 4.69) is 21.2 Å². The fourth-order valence-electron chi connectivity index (χ4n) is 2.56. The van der Waals surface area contributed by atoms with Gasteiger partial charge >= 0.3 is 6.18 Å². The van der Waals surface area contributed by atoms with Crippen molar-refractivity contribution >= 4 is 32.8 Å². The van der Waals surface area contributed by atoms with Crippen molar-refractivity contribution in [3.63, 3.8) is 0 Å². The third-order valence-electron chi connectivity index (χ3n) is 3.78. The minimum Gasteiger partial charge on any atom is -0.451 e. The Kier molecular flexibility index (Phi) is 5.06. The molecule has 0 saturated heterocycles. The van der Waals surface area contributed by atoms with Gasteiger partial charge in [-0.1, -0.05) is 34.1 Å². The zero-order valence-electron chi connectivity index (χ0n) is 13.2. The fourth-order valence-corrected chi connectivity index (χ4v) is 2.94. The van der Waals surface area contributed by atoms with Crippen molar-refractivity contribution < 1.29 is 27.5 Å². The standard InChI is InChI=1S/C18H13BrF3NO3/c19-11-5-6-15-10(7-11)8-16(26-15)17(25)23-9-14(24)12-3-1-2-4-13(12)18(20,21)22/h1-8,14,24H,9H2,(H,23,25). The van der Waals surface area contributed by atoms with E-state index in [9.17, 15) is 23.1 Å². The molecule has 8 heteroatoms. The van der Waals surface area contributed by atoms with Crippen molar-refractivity contribution in [3.05, 3.63) is 69.9 Å². The number of aliphatic hydroxyl groups excluding tert-OH is 1. The van der Waals surface area contributed by atoms with Crippen LogP contribution in [0, 0.1) is 0 Å². The SMILES string of the molecule is O=C(NCC(O)c1ccccc1C(F)(F)F)c1cc2cc(Br)ccc2o1. The topological polar surface area (TPSA) is 62.5 Å². The Hall–Kier alpha value is -2.32. The van der Waals surface area contributed by atoms with E-state index in [0.717, 1.165) is 10.5 Å². The Balaban J connectivity index is 1.73. The van der Waals surface area contributed by atoms with Crippen LogP contribution in [0.25, 0.3) is 11.0 Å². The summed E-state index contributed by atoms with van der Waals surface area (Å²) in [5.41, 5.74) is -0.731. The highest BCUT2D eigenvalue weighted by molar-refractivity contribution is 9.10. The number of amides is 1. The lowest BCUT2D eigenvalue weighted by Gasteiger charge is -2.17. The van der Waals surface area contributed by atoms with Crippen LogP contribution in [0.2, 0.25) is 0 Å². The summed E-state index contributed by atoms with van der Waals surface area (Å²) in [5.74, 6) is -0.615. The molecule has 4 nitrogen and oxygen atoms in total. The molecule has 0 aliphatic heterocycles. The number of benzene rings is 2. The van der Waals surface area contributed by atoms with Gasteiger partial charge in [0.25, 0.3) is 5.91 Å². The van der Waals surface area contributed by atoms with Crippen molar-refractivity contribution in [3.8, 4) is 0 Å². The molecule has 1 amide bonds. The van der Waals surface area contributed by atoms with Crippen molar-refractivity contribution in [2.45, 2.75) is 12.3 Å². The summed E-state index contributed by atoms with van der Waals surface area (Å²) >= 11 is 3.31. The van der Waals surface area contributed by atoms with Gasteiger partial charge in [-0.05, 0) is 35.9 Å². The van der Waals surface area contributed by atoms with Gasteiger partial charge in [0.05, 0.1) is 11.7 Å². The van der Waals surface area contributed by atoms with Crippen LogP contribution in [0.4, 0.5) is 13.2 Å². The maximum absolute atomic E-state index is 13.0. The molecule has 0 aliphatic carbocycles. The van der Waals surface area contributed by atoms with Gasteiger partial charge in [-0.3, -0.25) is 4.79 Å². The second-order valence-electron chi connectivity index (χ2n) is 5.60. The van der Waals surface area contributed by atoms with Crippen LogP contribution in [0.15, 0.2) is 57.4 Å². The molecule has 0 aliphatic rings. The zero-order valence-corrected chi connectivity index (χ0v) is 14.8. The smallest absolute Gasteiger partial charge is 0.416 e. The van der Waals surface area contributed by atoms with Crippen molar-refractivity contribution in [2.75, 3.05) is 6.54 Å². The molecular formula is C18H13BrF3NO3. The number of carbonyl (C=O) groups excluding carboxylic acids is 1. The zero-order chi connectivity index (χ0) is 18.9. The lowest BCUT2D eigenvalue weighted by Crippen LogP contribution is -2.29. The van der Waals surface area contributed by atoms with Crippen molar-refractivity contribution in [1.82, 2.24) is 5.32 Å². The summed E-state index contributed by atoms with van der Waals surface area (Å²) in [6.45, 7) is -0.382. The molecule has 136 valence electrons. The molecule has 1 aromatic heterocycles. The van der Waals surface area contributed by atoms with Crippen LogP contribution in [-0.2, 0) is 6.18 Å². The summed E-state index contributed by atoms with van der Waals surface area (Å²) in [6, 6.07) is 11.4. The highest BCUT2D eigenvalue weighted by Gasteiger charge is 2.34. The molecule has 3 rings (SSSR count). The Morgan fingerprint density at radius 3 is 2.65 bits per heavy atom. The van der Waals surface area contributed by atoms with Gasteiger partial charge in [0.2, 0.25) is 0 Å². The third kappa shape index (κ3) is 3.91. The summed E-state index contributed by atoms with van der Waals surface area (Å²) in [6.07, 6.45) is -6.09. The van der Waals surface area contributed by atoms with E-state index in [4.69, 9.17) is 4.42 Å². The summed E-state index contributed by atoms with van der Waals surface area (Å²) in [4.78, 5) is 12.2. The Labute approximate surface area is 154 Å². The maximum Gasteiger partial charge on any atom is 0.416 e. The van der Waals surface area contributed by atoms with Crippen LogP contribution in [-0.4, -0.2) is 17.6 Å². The highest BCUT2D eigenvalue weighted by atomic mass is 79.9. The van der Waals surface area contributed by atoms with Crippen LogP contribution in [0.5, 0.6) is 0 Å². The molecule has 0 spiro atoms. The maximum atomic E-state index is 13.0. The first-order valence-electron chi connectivity index (χ1n) is 7.57. The first-order valence-corrected chi connectivity index (χ1v) is 8.36. The molecule has 2 N–H and O–H groups in total. The van der Waals surface area contributed by atoms with Crippen molar-refractivity contribution in [2.24, 2.45) is 0 Å². The average molecular weight is 428 g/mol. The summed E-state index contributed by atoms with van der Waals surface area (Å²) in [5, 5.41) is 13.2. The molecule has 1 unspecified atom stereocenters. The van der Waals surface area contributed by atoms with E-state index in [-0.39, 0.29) is 17.9 Å². The molecular weight excluding hydrogens is 415 g/mol.